The molecule has 1 amide bonds. The van der Waals surface area contributed by atoms with Crippen LogP contribution in [-0.4, -0.2) is 33.2 Å². The van der Waals surface area contributed by atoms with Gasteiger partial charge in [0.2, 0.25) is 0 Å². The first-order valence-corrected chi connectivity index (χ1v) is 6.74. The highest BCUT2D eigenvalue weighted by atomic mass is 16.5. The van der Waals surface area contributed by atoms with Crippen LogP contribution in [-0.2, 0) is 4.74 Å². The van der Waals surface area contributed by atoms with Crippen LogP contribution in [0.15, 0.2) is 18.2 Å². The minimum atomic E-state index is -0.123. The van der Waals surface area contributed by atoms with Crippen LogP contribution in [0.5, 0.6) is 0 Å². The number of ether oxygens (including phenoxy) is 1. The maximum absolute atomic E-state index is 11.8. The molecular weight excluding hydrogens is 254 g/mol. The molecule has 1 aromatic carbocycles. The zero-order valence-corrected chi connectivity index (χ0v) is 12.7. The third-order valence-electron chi connectivity index (χ3n) is 3.26. The van der Waals surface area contributed by atoms with E-state index in [-0.39, 0.29) is 11.3 Å². The number of nitrogen functional groups attached to an aromatic ring is 1. The molecule has 0 heterocycles. The van der Waals surface area contributed by atoms with E-state index in [1.807, 2.05) is 0 Å². The lowest BCUT2D eigenvalue weighted by atomic mass is 9.89. The Hall–Kier alpha value is -1.75. The third kappa shape index (κ3) is 4.74. The quantitative estimate of drug-likeness (QED) is 0.668. The molecule has 0 aliphatic carbocycles. The van der Waals surface area contributed by atoms with Gasteiger partial charge in [-0.3, -0.25) is 4.79 Å². The van der Waals surface area contributed by atoms with Gasteiger partial charge >= 0.3 is 0 Å². The zero-order chi connectivity index (χ0) is 15.2. The number of nitrogens with one attached hydrogen (secondary N) is 2. The predicted octanol–water partition coefficient (Wildman–Crippen LogP) is 2.10. The predicted molar refractivity (Wildman–Crippen MR) is 83.0 cm³/mol. The lowest BCUT2D eigenvalue weighted by Crippen LogP contribution is -2.26. The van der Waals surface area contributed by atoms with Crippen molar-refractivity contribution in [3.63, 3.8) is 0 Å². The van der Waals surface area contributed by atoms with E-state index in [9.17, 15) is 4.79 Å². The number of hydrogen-bond donors (Lipinski definition) is 3. The number of benzene rings is 1. The highest BCUT2D eigenvalue weighted by Gasteiger charge is 2.19. The Bertz CT molecular complexity index is 458. The number of carbonyl (C=O) groups is 1. The second-order valence-electron chi connectivity index (χ2n) is 5.64. The minimum absolute atomic E-state index is 0.0700. The molecule has 5 nitrogen and oxygen atoms in total. The van der Waals surface area contributed by atoms with Crippen molar-refractivity contribution in [2.45, 2.75) is 20.3 Å². The lowest BCUT2D eigenvalue weighted by Gasteiger charge is -2.26. The summed E-state index contributed by atoms with van der Waals surface area (Å²) in [5.41, 5.74) is 7.86. The van der Waals surface area contributed by atoms with Crippen molar-refractivity contribution < 1.29 is 9.53 Å². The number of nitrogens with two attached hydrogens (primary N) is 1. The summed E-state index contributed by atoms with van der Waals surface area (Å²) < 4.78 is 5.12. The molecule has 20 heavy (non-hydrogen) atoms. The number of rotatable bonds is 7. The molecule has 112 valence electrons. The van der Waals surface area contributed by atoms with Crippen LogP contribution in [0.3, 0.4) is 0 Å². The summed E-state index contributed by atoms with van der Waals surface area (Å²) in [6.45, 7) is 5.77. The summed E-state index contributed by atoms with van der Waals surface area (Å²) in [4.78, 5) is 11.8. The average molecular weight is 279 g/mol. The molecule has 0 aliphatic rings. The Morgan fingerprint density at radius 1 is 1.40 bits per heavy atom. The summed E-state index contributed by atoms with van der Waals surface area (Å²) in [5, 5.41) is 5.95. The number of anilines is 2. The Kier molecular flexibility index (Phi) is 5.82. The fourth-order valence-corrected chi connectivity index (χ4v) is 1.84. The molecule has 0 unspecified atom stereocenters. The molecule has 0 saturated heterocycles. The van der Waals surface area contributed by atoms with Crippen molar-refractivity contribution in [2.24, 2.45) is 5.41 Å². The van der Waals surface area contributed by atoms with E-state index < -0.39 is 0 Å². The first kappa shape index (κ1) is 16.3. The van der Waals surface area contributed by atoms with E-state index >= 15 is 0 Å². The van der Waals surface area contributed by atoms with Crippen LogP contribution in [0.25, 0.3) is 0 Å². The van der Waals surface area contributed by atoms with Gasteiger partial charge in [-0.15, -0.1) is 0 Å². The van der Waals surface area contributed by atoms with E-state index in [0.717, 1.165) is 18.7 Å². The molecule has 0 radical (unpaired) electrons. The molecule has 1 aromatic rings. The Balaban J connectivity index is 2.81. The van der Waals surface area contributed by atoms with Gasteiger partial charge < -0.3 is 21.1 Å². The topological polar surface area (TPSA) is 76.4 Å². The summed E-state index contributed by atoms with van der Waals surface area (Å²) in [6.07, 6.45) is 0.939. The SMILES string of the molecule is CNC(=O)c1ccc(N)cc1NCC(C)(C)CCOC. The summed E-state index contributed by atoms with van der Waals surface area (Å²) in [7, 11) is 3.32. The first-order chi connectivity index (χ1) is 9.39. The van der Waals surface area contributed by atoms with Gasteiger partial charge in [0, 0.05) is 38.7 Å². The number of amides is 1. The van der Waals surface area contributed by atoms with Crippen molar-refractivity contribution in [1.82, 2.24) is 5.32 Å². The summed E-state index contributed by atoms with van der Waals surface area (Å²) >= 11 is 0. The Labute approximate surface area is 120 Å². The van der Waals surface area contributed by atoms with Crippen LogP contribution in [0, 0.1) is 5.41 Å². The van der Waals surface area contributed by atoms with E-state index in [4.69, 9.17) is 10.5 Å². The highest BCUT2D eigenvalue weighted by Crippen LogP contribution is 2.24. The van der Waals surface area contributed by atoms with E-state index in [0.29, 0.717) is 17.9 Å². The lowest BCUT2D eigenvalue weighted by molar-refractivity contribution is 0.0963. The number of carbonyl (C=O) groups excluding carboxylic acids is 1. The molecule has 4 N–H and O–H groups in total. The first-order valence-electron chi connectivity index (χ1n) is 6.74. The van der Waals surface area contributed by atoms with Gasteiger partial charge in [0.25, 0.3) is 5.91 Å². The van der Waals surface area contributed by atoms with Crippen molar-refractivity contribution >= 4 is 17.3 Å². The normalized spacial score (nSPS) is 11.2. The van der Waals surface area contributed by atoms with Gasteiger partial charge in [0.15, 0.2) is 0 Å². The van der Waals surface area contributed by atoms with Crippen LogP contribution in [0.1, 0.15) is 30.6 Å². The number of methoxy groups -OCH3 is 1. The fraction of sp³-hybridized carbons (Fsp3) is 0.533. The van der Waals surface area contributed by atoms with Gasteiger partial charge in [0.1, 0.15) is 0 Å². The maximum atomic E-state index is 11.8. The zero-order valence-electron chi connectivity index (χ0n) is 12.7. The summed E-state index contributed by atoms with van der Waals surface area (Å²) in [6, 6.07) is 5.25. The maximum Gasteiger partial charge on any atom is 0.253 e. The Morgan fingerprint density at radius 3 is 2.70 bits per heavy atom. The van der Waals surface area contributed by atoms with Crippen molar-refractivity contribution in [3.8, 4) is 0 Å². The second-order valence-corrected chi connectivity index (χ2v) is 5.64. The molecular formula is C15H25N3O2. The molecule has 0 bridgehead atoms. The molecule has 0 spiro atoms. The van der Waals surface area contributed by atoms with Crippen molar-refractivity contribution in [2.75, 3.05) is 38.4 Å². The van der Waals surface area contributed by atoms with E-state index in [1.54, 1.807) is 32.4 Å². The molecule has 0 aromatic heterocycles. The fourth-order valence-electron chi connectivity index (χ4n) is 1.84. The highest BCUT2D eigenvalue weighted by molar-refractivity contribution is 6.00. The smallest absolute Gasteiger partial charge is 0.253 e. The largest absolute Gasteiger partial charge is 0.399 e. The summed E-state index contributed by atoms with van der Waals surface area (Å²) in [5.74, 6) is -0.123. The van der Waals surface area contributed by atoms with Crippen molar-refractivity contribution in [1.29, 1.82) is 0 Å². The second kappa shape index (κ2) is 7.14. The van der Waals surface area contributed by atoms with Gasteiger partial charge in [-0.2, -0.15) is 0 Å². The molecule has 0 saturated carbocycles. The van der Waals surface area contributed by atoms with Crippen LogP contribution in [0.2, 0.25) is 0 Å². The minimum Gasteiger partial charge on any atom is -0.399 e. The van der Waals surface area contributed by atoms with Crippen LogP contribution < -0.4 is 16.4 Å². The van der Waals surface area contributed by atoms with E-state index in [1.165, 1.54) is 0 Å². The molecule has 0 atom stereocenters. The third-order valence-corrected chi connectivity index (χ3v) is 3.26. The molecule has 5 heteroatoms. The average Bonchev–Trinajstić information content (AvgIpc) is 2.42. The number of hydrogen-bond acceptors (Lipinski definition) is 4. The van der Waals surface area contributed by atoms with Crippen LogP contribution in [0.4, 0.5) is 11.4 Å². The van der Waals surface area contributed by atoms with E-state index in [2.05, 4.69) is 24.5 Å². The van der Waals surface area contributed by atoms with Gasteiger partial charge in [-0.1, -0.05) is 13.8 Å². The van der Waals surface area contributed by atoms with Crippen molar-refractivity contribution in [3.05, 3.63) is 23.8 Å². The molecule has 0 aliphatic heterocycles. The Morgan fingerprint density at radius 2 is 2.10 bits per heavy atom. The van der Waals surface area contributed by atoms with Gasteiger partial charge in [-0.05, 0) is 30.0 Å². The van der Waals surface area contributed by atoms with Gasteiger partial charge in [0.05, 0.1) is 5.56 Å². The van der Waals surface area contributed by atoms with Gasteiger partial charge in [-0.25, -0.2) is 0 Å². The standard InChI is InChI=1S/C15H25N3O2/c1-15(2,7-8-20-4)10-18-13-9-11(16)5-6-12(13)14(19)17-3/h5-6,9,18H,7-8,10,16H2,1-4H3,(H,17,19). The van der Waals surface area contributed by atoms with Crippen LogP contribution >= 0.6 is 0 Å². The monoisotopic (exact) mass is 279 g/mol. The molecule has 0 fully saturated rings. The molecule has 1 rings (SSSR count).